The van der Waals surface area contributed by atoms with Gasteiger partial charge in [0.1, 0.15) is 0 Å². The number of ether oxygens (including phenoxy) is 1. The molecule has 7 nitrogen and oxygen atoms in total. The number of nitrogens with zero attached hydrogens (tertiary/aromatic N) is 4. The van der Waals surface area contributed by atoms with Crippen molar-refractivity contribution in [1.82, 2.24) is 19.4 Å². The van der Waals surface area contributed by atoms with Crippen molar-refractivity contribution in [2.24, 2.45) is 0 Å². The van der Waals surface area contributed by atoms with Crippen LogP contribution in [0.1, 0.15) is 44.9 Å². The molecule has 0 atom stereocenters. The Balaban J connectivity index is 1.32. The van der Waals surface area contributed by atoms with Crippen LogP contribution in [0.3, 0.4) is 0 Å². The molecular formula is C26H34N4O3S. The molecule has 2 fully saturated rings. The molecule has 0 N–H and O–H groups in total. The number of rotatable bonds is 9. The highest BCUT2D eigenvalue weighted by atomic mass is 32.2. The Morgan fingerprint density at radius 3 is 2.74 bits per heavy atom. The molecule has 1 amide bonds. The SMILES string of the molecule is O=C(CSc1nc2ccccc2c(=O)n1CCCN1CCOCC1)N(C1=CCCCC1)C1CC1. The number of carbonyl (C=O) groups excluding carboxylic acids is 1. The topological polar surface area (TPSA) is 67.7 Å². The first-order valence-corrected chi connectivity index (χ1v) is 13.6. The number of allylic oxidation sites excluding steroid dienone is 2. The van der Waals surface area contributed by atoms with E-state index in [1.165, 1.54) is 23.9 Å². The maximum absolute atomic E-state index is 13.3. The van der Waals surface area contributed by atoms with Crippen LogP contribution in [0.15, 0.2) is 46.0 Å². The summed E-state index contributed by atoms with van der Waals surface area (Å²) >= 11 is 1.41. The normalized spacial score (nSPS) is 19.2. The van der Waals surface area contributed by atoms with Gasteiger partial charge in [0.15, 0.2) is 5.16 Å². The molecule has 2 heterocycles. The fraction of sp³-hybridized carbons (Fsp3) is 0.577. The number of morpholine rings is 1. The van der Waals surface area contributed by atoms with E-state index < -0.39 is 0 Å². The van der Waals surface area contributed by atoms with Crippen LogP contribution in [0, 0.1) is 0 Å². The van der Waals surface area contributed by atoms with Gasteiger partial charge in [-0.15, -0.1) is 0 Å². The zero-order valence-electron chi connectivity index (χ0n) is 19.8. The smallest absolute Gasteiger partial charge is 0.262 e. The predicted molar refractivity (Wildman–Crippen MR) is 135 cm³/mol. The standard InChI is InChI=1S/C26H34N4O3S/c31-24(30(21-11-12-21)20-7-2-1-3-8-20)19-34-26-27-23-10-5-4-9-22(23)25(32)29(26)14-6-13-28-15-17-33-18-16-28/h4-5,7,9-10,21H,1-3,6,8,11-19H2. The third-order valence-corrected chi connectivity index (χ3v) is 7.83. The fourth-order valence-corrected chi connectivity index (χ4v) is 5.78. The highest BCUT2D eigenvalue weighted by Gasteiger charge is 2.35. The summed E-state index contributed by atoms with van der Waals surface area (Å²) in [6, 6.07) is 7.86. The number of amides is 1. The summed E-state index contributed by atoms with van der Waals surface area (Å²) in [6.07, 6.45) is 9.72. The number of carbonyl (C=O) groups is 1. The van der Waals surface area contributed by atoms with E-state index in [-0.39, 0.29) is 11.5 Å². The van der Waals surface area contributed by atoms with E-state index in [1.54, 1.807) is 4.57 Å². The molecule has 1 aromatic carbocycles. The van der Waals surface area contributed by atoms with Crippen LogP contribution >= 0.6 is 11.8 Å². The van der Waals surface area contributed by atoms with Crippen molar-refractivity contribution < 1.29 is 9.53 Å². The van der Waals surface area contributed by atoms with Crippen molar-refractivity contribution >= 4 is 28.6 Å². The van der Waals surface area contributed by atoms with E-state index in [9.17, 15) is 9.59 Å². The van der Waals surface area contributed by atoms with Crippen LogP contribution in [0.5, 0.6) is 0 Å². The van der Waals surface area contributed by atoms with Gasteiger partial charge in [0.25, 0.3) is 5.56 Å². The van der Waals surface area contributed by atoms with Gasteiger partial charge in [-0.25, -0.2) is 4.98 Å². The quantitative estimate of drug-likeness (QED) is 0.401. The second-order valence-corrected chi connectivity index (χ2v) is 10.3. The Morgan fingerprint density at radius 2 is 1.97 bits per heavy atom. The van der Waals surface area contributed by atoms with Gasteiger partial charge < -0.3 is 9.64 Å². The van der Waals surface area contributed by atoms with Crippen molar-refractivity contribution in [3.8, 4) is 0 Å². The molecule has 2 aromatic rings. The van der Waals surface area contributed by atoms with E-state index in [1.807, 2.05) is 29.2 Å². The van der Waals surface area contributed by atoms with Crippen LogP contribution in [0.25, 0.3) is 10.9 Å². The summed E-state index contributed by atoms with van der Waals surface area (Å²) in [5.74, 6) is 0.449. The number of hydrogen-bond donors (Lipinski definition) is 0. The number of para-hydroxylation sites is 1. The van der Waals surface area contributed by atoms with E-state index >= 15 is 0 Å². The third-order valence-electron chi connectivity index (χ3n) is 6.87. The molecule has 0 unspecified atom stereocenters. The maximum atomic E-state index is 13.3. The second kappa shape index (κ2) is 11.1. The molecule has 0 radical (unpaired) electrons. The Kier molecular flexibility index (Phi) is 7.67. The predicted octanol–water partition coefficient (Wildman–Crippen LogP) is 3.66. The van der Waals surface area contributed by atoms with Crippen LogP contribution in [-0.4, -0.2) is 69.9 Å². The first-order valence-electron chi connectivity index (χ1n) is 12.6. The zero-order chi connectivity index (χ0) is 23.3. The lowest BCUT2D eigenvalue weighted by Gasteiger charge is -2.28. The Labute approximate surface area is 205 Å². The van der Waals surface area contributed by atoms with Gasteiger partial charge in [-0.1, -0.05) is 30.0 Å². The molecule has 2 aliphatic carbocycles. The number of aromatic nitrogens is 2. The minimum atomic E-state index is -0.0171. The van der Waals surface area contributed by atoms with Crippen molar-refractivity contribution in [2.45, 2.75) is 62.7 Å². The number of fused-ring (bicyclic) bond motifs is 1. The van der Waals surface area contributed by atoms with Crippen molar-refractivity contribution in [3.63, 3.8) is 0 Å². The molecule has 8 heteroatoms. The molecule has 3 aliphatic rings. The van der Waals surface area contributed by atoms with Gasteiger partial charge in [0.05, 0.1) is 29.9 Å². The summed E-state index contributed by atoms with van der Waals surface area (Å²) in [4.78, 5) is 35.9. The highest BCUT2D eigenvalue weighted by Crippen LogP contribution is 2.34. The first-order chi connectivity index (χ1) is 16.7. The number of hydrogen-bond acceptors (Lipinski definition) is 6. The average Bonchev–Trinajstić information content (AvgIpc) is 3.71. The van der Waals surface area contributed by atoms with Crippen LogP contribution < -0.4 is 5.56 Å². The third kappa shape index (κ3) is 5.56. The van der Waals surface area contributed by atoms with E-state index in [0.717, 1.165) is 71.4 Å². The molecule has 0 spiro atoms. The highest BCUT2D eigenvalue weighted by molar-refractivity contribution is 7.99. The largest absolute Gasteiger partial charge is 0.379 e. The summed E-state index contributed by atoms with van der Waals surface area (Å²) in [6.45, 7) is 4.95. The fourth-order valence-electron chi connectivity index (χ4n) is 4.90. The van der Waals surface area contributed by atoms with E-state index in [2.05, 4.69) is 11.0 Å². The lowest BCUT2D eigenvalue weighted by Crippen LogP contribution is -2.37. The van der Waals surface area contributed by atoms with Crippen molar-refractivity contribution in [3.05, 3.63) is 46.4 Å². The molecule has 1 aliphatic heterocycles. The second-order valence-electron chi connectivity index (χ2n) is 9.40. The minimum absolute atomic E-state index is 0.0171. The zero-order valence-corrected chi connectivity index (χ0v) is 20.6. The molecule has 182 valence electrons. The summed E-state index contributed by atoms with van der Waals surface area (Å²) in [5.41, 5.74) is 1.88. The molecule has 0 bridgehead atoms. The van der Waals surface area contributed by atoms with Crippen molar-refractivity contribution in [2.75, 3.05) is 38.6 Å². The average molecular weight is 483 g/mol. The van der Waals surface area contributed by atoms with Gasteiger partial charge in [0, 0.05) is 37.9 Å². The van der Waals surface area contributed by atoms with Gasteiger partial charge in [0.2, 0.25) is 5.91 Å². The Hall–Kier alpha value is -2.16. The van der Waals surface area contributed by atoms with Crippen LogP contribution in [0.4, 0.5) is 0 Å². The van der Waals surface area contributed by atoms with Crippen molar-refractivity contribution in [1.29, 1.82) is 0 Å². The van der Waals surface area contributed by atoms with Crippen LogP contribution in [-0.2, 0) is 16.1 Å². The van der Waals surface area contributed by atoms with E-state index in [4.69, 9.17) is 9.72 Å². The van der Waals surface area contributed by atoms with Gasteiger partial charge in [-0.3, -0.25) is 19.1 Å². The molecule has 34 heavy (non-hydrogen) atoms. The summed E-state index contributed by atoms with van der Waals surface area (Å²) in [7, 11) is 0. The molecule has 1 saturated carbocycles. The van der Waals surface area contributed by atoms with Gasteiger partial charge >= 0.3 is 0 Å². The van der Waals surface area contributed by atoms with Gasteiger partial charge in [-0.05, 0) is 57.1 Å². The lowest BCUT2D eigenvalue weighted by molar-refractivity contribution is -0.127. The monoisotopic (exact) mass is 482 g/mol. The Morgan fingerprint density at radius 1 is 1.15 bits per heavy atom. The number of thioether (sulfide) groups is 1. The molecule has 1 saturated heterocycles. The molecule has 5 rings (SSSR count). The minimum Gasteiger partial charge on any atom is -0.379 e. The molecular weight excluding hydrogens is 448 g/mol. The maximum Gasteiger partial charge on any atom is 0.262 e. The summed E-state index contributed by atoms with van der Waals surface area (Å²) in [5, 5.41) is 1.28. The molecule has 1 aromatic heterocycles. The first kappa shape index (κ1) is 23.6. The van der Waals surface area contributed by atoms with Gasteiger partial charge in [-0.2, -0.15) is 0 Å². The number of benzene rings is 1. The van der Waals surface area contributed by atoms with E-state index in [0.29, 0.717) is 34.4 Å². The Bertz CT molecular complexity index is 1100. The summed E-state index contributed by atoms with van der Waals surface area (Å²) < 4.78 is 7.22. The van der Waals surface area contributed by atoms with Crippen LogP contribution in [0.2, 0.25) is 0 Å². The lowest BCUT2D eigenvalue weighted by atomic mass is 10.0.